The molecule has 1 saturated heterocycles. The van der Waals surface area contributed by atoms with E-state index < -0.39 is 10.2 Å². The molecule has 0 bridgehead atoms. The Morgan fingerprint density at radius 1 is 1.14 bits per heavy atom. The zero-order valence-corrected chi connectivity index (χ0v) is 18.9. The van der Waals surface area contributed by atoms with Crippen molar-refractivity contribution in [2.24, 2.45) is 0 Å². The van der Waals surface area contributed by atoms with Gasteiger partial charge in [0.2, 0.25) is 0 Å². The molecule has 0 aliphatic carbocycles. The van der Waals surface area contributed by atoms with Gasteiger partial charge in [0.25, 0.3) is 10.2 Å². The lowest BCUT2D eigenvalue weighted by Gasteiger charge is -2.35. The minimum Gasteiger partial charge on any atom is -0.258 e. The number of aryl methyl sites for hydroxylation is 2. The third-order valence-electron chi connectivity index (χ3n) is 5.85. The van der Waals surface area contributed by atoms with Crippen LogP contribution in [0.3, 0.4) is 0 Å². The van der Waals surface area contributed by atoms with E-state index in [0.29, 0.717) is 26.2 Å². The number of piperidine rings is 1. The highest BCUT2D eigenvalue weighted by molar-refractivity contribution is 7.86. The normalized spacial score (nSPS) is 18.3. The Morgan fingerprint density at radius 2 is 1.86 bits per heavy atom. The minimum absolute atomic E-state index is 0.143. The highest BCUT2D eigenvalue weighted by atomic mass is 32.2. The van der Waals surface area contributed by atoms with Gasteiger partial charge in [-0.05, 0) is 61.9 Å². The number of pyridine rings is 1. The Morgan fingerprint density at radius 3 is 2.55 bits per heavy atom. The monoisotopic (exact) mass is 415 g/mol. The molecule has 3 rings (SSSR count). The van der Waals surface area contributed by atoms with Crippen molar-refractivity contribution in [3.8, 4) is 0 Å². The summed E-state index contributed by atoms with van der Waals surface area (Å²) in [7, 11) is -3.40. The third-order valence-corrected chi connectivity index (χ3v) is 8.00. The summed E-state index contributed by atoms with van der Waals surface area (Å²) in [5, 5.41) is 0. The minimum atomic E-state index is -3.40. The molecule has 6 heteroatoms. The van der Waals surface area contributed by atoms with Crippen LogP contribution < -0.4 is 0 Å². The van der Waals surface area contributed by atoms with E-state index in [4.69, 9.17) is 4.98 Å². The van der Waals surface area contributed by atoms with Crippen LogP contribution in [0.5, 0.6) is 0 Å². The lowest BCUT2D eigenvalue weighted by Crippen LogP contribution is -2.47. The zero-order valence-electron chi connectivity index (χ0n) is 18.1. The first kappa shape index (κ1) is 21.9. The van der Waals surface area contributed by atoms with Crippen molar-refractivity contribution < 1.29 is 8.42 Å². The molecular weight excluding hydrogens is 382 g/mol. The molecule has 1 aliphatic heterocycles. The average Bonchev–Trinajstić information content (AvgIpc) is 2.70. The standard InChI is InChI=1S/C23H33N3O2S/c1-5-25(6-2)29(27,28)26-13-9-12-22(17-26)23-16-20(14-19(4)24-23)15-21-11-8-7-10-18(21)3/h7-8,10-11,14,16,22H,5-6,9,12-13,15,17H2,1-4H3/t22-/m1/s1. The van der Waals surface area contributed by atoms with Crippen molar-refractivity contribution >= 4 is 10.2 Å². The maximum atomic E-state index is 13.0. The first-order valence-electron chi connectivity index (χ1n) is 10.6. The molecule has 1 atom stereocenters. The highest BCUT2D eigenvalue weighted by Crippen LogP contribution is 2.29. The Labute approximate surface area is 175 Å². The largest absolute Gasteiger partial charge is 0.281 e. The highest BCUT2D eigenvalue weighted by Gasteiger charge is 2.33. The van der Waals surface area contributed by atoms with Gasteiger partial charge in [0.1, 0.15) is 0 Å². The molecule has 0 N–H and O–H groups in total. The van der Waals surface area contributed by atoms with E-state index in [2.05, 4.69) is 43.3 Å². The van der Waals surface area contributed by atoms with Crippen LogP contribution in [0.1, 0.15) is 60.7 Å². The first-order valence-corrected chi connectivity index (χ1v) is 12.0. The first-order chi connectivity index (χ1) is 13.8. The van der Waals surface area contributed by atoms with Crippen molar-refractivity contribution in [1.82, 2.24) is 13.6 Å². The molecule has 29 heavy (non-hydrogen) atoms. The summed E-state index contributed by atoms with van der Waals surface area (Å²) in [5.41, 5.74) is 5.87. The molecule has 1 aromatic carbocycles. The summed E-state index contributed by atoms with van der Waals surface area (Å²) < 4.78 is 29.1. The average molecular weight is 416 g/mol. The van der Waals surface area contributed by atoms with Crippen LogP contribution in [0.25, 0.3) is 0 Å². The van der Waals surface area contributed by atoms with Gasteiger partial charge in [0.05, 0.1) is 0 Å². The molecule has 2 aromatic rings. The van der Waals surface area contributed by atoms with Gasteiger partial charge in [-0.1, -0.05) is 38.1 Å². The Balaban J connectivity index is 1.83. The lowest BCUT2D eigenvalue weighted by atomic mass is 9.93. The second kappa shape index (κ2) is 9.37. The molecule has 1 fully saturated rings. The Bertz CT molecular complexity index is 939. The molecule has 0 spiro atoms. The van der Waals surface area contributed by atoms with E-state index in [1.807, 2.05) is 20.8 Å². The van der Waals surface area contributed by atoms with Gasteiger partial charge in [0, 0.05) is 43.5 Å². The summed E-state index contributed by atoms with van der Waals surface area (Å²) in [4.78, 5) is 4.79. The molecule has 0 unspecified atom stereocenters. The summed E-state index contributed by atoms with van der Waals surface area (Å²) in [6, 6.07) is 12.8. The van der Waals surface area contributed by atoms with Gasteiger partial charge >= 0.3 is 0 Å². The topological polar surface area (TPSA) is 53.5 Å². The van der Waals surface area contributed by atoms with Gasteiger partial charge in [-0.25, -0.2) is 0 Å². The molecule has 158 valence electrons. The van der Waals surface area contributed by atoms with Gasteiger partial charge in [-0.15, -0.1) is 0 Å². The van der Waals surface area contributed by atoms with Crippen molar-refractivity contribution in [2.75, 3.05) is 26.2 Å². The molecule has 0 amide bonds. The summed E-state index contributed by atoms with van der Waals surface area (Å²) in [6.07, 6.45) is 2.72. The fraction of sp³-hybridized carbons (Fsp3) is 0.522. The quantitative estimate of drug-likeness (QED) is 0.685. The second-order valence-corrected chi connectivity index (χ2v) is 9.86. The Hall–Kier alpha value is -1.76. The van der Waals surface area contributed by atoms with E-state index in [-0.39, 0.29) is 5.92 Å². The van der Waals surface area contributed by atoms with Crippen LogP contribution >= 0.6 is 0 Å². The number of rotatable bonds is 7. The van der Waals surface area contributed by atoms with E-state index >= 15 is 0 Å². The SMILES string of the molecule is CCN(CC)S(=O)(=O)N1CCC[C@@H](c2cc(Cc3ccccc3C)cc(C)n2)C1. The molecular formula is C23H33N3O2S. The van der Waals surface area contributed by atoms with E-state index in [9.17, 15) is 8.42 Å². The van der Waals surface area contributed by atoms with Crippen molar-refractivity contribution in [1.29, 1.82) is 0 Å². The van der Waals surface area contributed by atoms with Crippen molar-refractivity contribution in [3.05, 3.63) is 64.5 Å². The fourth-order valence-electron chi connectivity index (χ4n) is 4.21. The molecule has 1 aliphatic rings. The third kappa shape index (κ3) is 5.05. The lowest BCUT2D eigenvalue weighted by molar-refractivity contribution is 0.285. The molecule has 1 aromatic heterocycles. The maximum Gasteiger partial charge on any atom is 0.281 e. The van der Waals surface area contributed by atoms with Crippen LogP contribution in [0.2, 0.25) is 0 Å². The van der Waals surface area contributed by atoms with Crippen molar-refractivity contribution in [3.63, 3.8) is 0 Å². The molecule has 0 saturated carbocycles. The Kier molecular flexibility index (Phi) is 7.09. The van der Waals surface area contributed by atoms with Gasteiger partial charge in [-0.2, -0.15) is 17.0 Å². The van der Waals surface area contributed by atoms with E-state index in [1.54, 1.807) is 8.61 Å². The van der Waals surface area contributed by atoms with Gasteiger partial charge in [-0.3, -0.25) is 4.98 Å². The van der Waals surface area contributed by atoms with E-state index in [0.717, 1.165) is 30.7 Å². The summed E-state index contributed by atoms with van der Waals surface area (Å²) in [6.45, 7) is 10.1. The van der Waals surface area contributed by atoms with Crippen molar-refractivity contribution in [2.45, 2.75) is 52.9 Å². The predicted molar refractivity (Wildman–Crippen MR) is 118 cm³/mol. The van der Waals surface area contributed by atoms with Crippen LogP contribution in [-0.2, 0) is 16.6 Å². The van der Waals surface area contributed by atoms with Crippen LogP contribution in [0.15, 0.2) is 36.4 Å². The van der Waals surface area contributed by atoms with Crippen LogP contribution in [0, 0.1) is 13.8 Å². The van der Waals surface area contributed by atoms with Crippen LogP contribution in [0.4, 0.5) is 0 Å². The maximum absolute atomic E-state index is 13.0. The zero-order chi connectivity index (χ0) is 21.0. The van der Waals surface area contributed by atoms with Gasteiger partial charge < -0.3 is 0 Å². The molecule has 0 radical (unpaired) electrons. The van der Waals surface area contributed by atoms with Gasteiger partial charge in [0.15, 0.2) is 0 Å². The smallest absolute Gasteiger partial charge is 0.258 e. The fourth-order valence-corrected chi connectivity index (χ4v) is 5.92. The summed E-state index contributed by atoms with van der Waals surface area (Å²) >= 11 is 0. The molecule has 2 heterocycles. The van der Waals surface area contributed by atoms with Crippen LogP contribution in [-0.4, -0.2) is 48.2 Å². The number of hydrogen-bond donors (Lipinski definition) is 0. The summed E-state index contributed by atoms with van der Waals surface area (Å²) in [5.74, 6) is 0.143. The molecule has 5 nitrogen and oxygen atoms in total. The predicted octanol–water partition coefficient (Wildman–Crippen LogP) is 4.06. The van der Waals surface area contributed by atoms with E-state index in [1.165, 1.54) is 16.7 Å². The number of hydrogen-bond acceptors (Lipinski definition) is 3. The number of benzene rings is 1. The number of nitrogens with zero attached hydrogens (tertiary/aromatic N) is 3. The number of aromatic nitrogens is 1. The second-order valence-electron chi connectivity index (χ2n) is 7.93.